The minimum atomic E-state index is -5.40. The van der Waals surface area contributed by atoms with Crippen molar-refractivity contribution in [1.29, 1.82) is 0 Å². The normalized spacial score (nSPS) is 12.3. The fourth-order valence-corrected chi connectivity index (χ4v) is 2.51. The molecule has 0 aliphatic heterocycles. The van der Waals surface area contributed by atoms with E-state index in [1.807, 2.05) is 0 Å². The second-order valence-electron chi connectivity index (χ2n) is 3.95. The number of halogens is 3. The molecular formula is C10H10F3N5O2S. The minimum absolute atomic E-state index is 0.127. The fraction of sp³-hybridized carbons (Fsp3) is 0.300. The molecule has 114 valence electrons. The maximum atomic E-state index is 12.6. The zero-order valence-corrected chi connectivity index (χ0v) is 11.2. The Kier molecular flexibility index (Phi) is 4.11. The molecule has 0 radical (unpaired) electrons. The van der Waals surface area contributed by atoms with E-state index in [0.29, 0.717) is 5.82 Å². The summed E-state index contributed by atoms with van der Waals surface area (Å²) < 4.78 is 60.7. The monoisotopic (exact) mass is 321 g/mol. The summed E-state index contributed by atoms with van der Waals surface area (Å²) in [5, 5.41) is 15.5. The zero-order chi connectivity index (χ0) is 15.5. The van der Waals surface area contributed by atoms with Crippen molar-refractivity contribution in [1.82, 2.24) is 20.6 Å². The lowest BCUT2D eigenvalue weighted by Crippen LogP contribution is -2.24. The highest BCUT2D eigenvalue weighted by Crippen LogP contribution is 2.34. The second kappa shape index (κ2) is 5.68. The zero-order valence-electron chi connectivity index (χ0n) is 10.4. The summed E-state index contributed by atoms with van der Waals surface area (Å²) in [6.45, 7) is 0.157. The topological polar surface area (TPSA) is 101 Å². The Hall–Kier alpha value is -2.17. The first-order valence-corrected chi connectivity index (χ1v) is 7.17. The molecule has 0 bridgehead atoms. The van der Waals surface area contributed by atoms with E-state index in [1.54, 1.807) is 0 Å². The lowest BCUT2D eigenvalue weighted by molar-refractivity contribution is -0.0435. The molecule has 0 fully saturated rings. The van der Waals surface area contributed by atoms with Crippen molar-refractivity contribution < 1.29 is 21.6 Å². The summed E-state index contributed by atoms with van der Waals surface area (Å²) in [5.74, 6) is 0.360. The highest BCUT2D eigenvalue weighted by molar-refractivity contribution is 7.92. The first-order chi connectivity index (χ1) is 9.82. The van der Waals surface area contributed by atoms with Gasteiger partial charge >= 0.3 is 5.51 Å². The van der Waals surface area contributed by atoms with Crippen LogP contribution in [0.25, 0.3) is 0 Å². The number of tetrazole rings is 1. The minimum Gasteiger partial charge on any atom is -0.384 e. The molecule has 0 aliphatic rings. The van der Waals surface area contributed by atoms with Gasteiger partial charge in [-0.3, -0.25) is 0 Å². The molecule has 1 aromatic carbocycles. The van der Waals surface area contributed by atoms with Crippen LogP contribution in [0.1, 0.15) is 5.82 Å². The van der Waals surface area contributed by atoms with Gasteiger partial charge in [-0.1, -0.05) is 17.3 Å². The highest BCUT2D eigenvalue weighted by atomic mass is 32.2. The molecule has 1 aromatic heterocycles. The van der Waals surface area contributed by atoms with Crippen LogP contribution in [0.5, 0.6) is 0 Å². The quantitative estimate of drug-likeness (QED) is 0.857. The molecule has 0 aliphatic carbocycles. The Morgan fingerprint density at radius 1 is 1.24 bits per heavy atom. The Bertz CT molecular complexity index is 700. The summed E-state index contributed by atoms with van der Waals surface area (Å²) in [4.78, 5) is -0.814. The number of aromatic nitrogens is 4. The Labute approximate surface area is 117 Å². The fourth-order valence-electron chi connectivity index (χ4n) is 1.57. The average molecular weight is 321 g/mol. The molecule has 11 heteroatoms. The van der Waals surface area contributed by atoms with E-state index < -0.39 is 20.2 Å². The van der Waals surface area contributed by atoms with Gasteiger partial charge in [0.15, 0.2) is 5.82 Å². The number of rotatable bonds is 5. The molecule has 0 unspecified atom stereocenters. The van der Waals surface area contributed by atoms with Gasteiger partial charge in [0.2, 0.25) is 0 Å². The van der Waals surface area contributed by atoms with Crippen molar-refractivity contribution in [2.24, 2.45) is 0 Å². The number of sulfone groups is 1. The number of hydrogen-bond donors (Lipinski definition) is 2. The molecule has 2 N–H and O–H groups in total. The lowest BCUT2D eigenvalue weighted by atomic mass is 10.3. The lowest BCUT2D eigenvalue weighted by Gasteiger charge is -2.13. The van der Waals surface area contributed by atoms with Crippen LogP contribution in [0.4, 0.5) is 18.9 Å². The maximum absolute atomic E-state index is 12.6. The molecular weight excluding hydrogens is 311 g/mol. The molecule has 0 atom stereocenters. The van der Waals surface area contributed by atoms with E-state index in [1.165, 1.54) is 18.2 Å². The van der Waals surface area contributed by atoms with Gasteiger partial charge in [-0.15, -0.1) is 10.2 Å². The van der Waals surface area contributed by atoms with Gasteiger partial charge in [0.05, 0.1) is 10.6 Å². The van der Waals surface area contributed by atoms with E-state index in [-0.39, 0.29) is 18.7 Å². The van der Waals surface area contributed by atoms with Gasteiger partial charge in [-0.2, -0.15) is 18.4 Å². The van der Waals surface area contributed by atoms with Crippen LogP contribution in [0, 0.1) is 0 Å². The average Bonchev–Trinajstić information content (AvgIpc) is 2.91. The van der Waals surface area contributed by atoms with Crippen molar-refractivity contribution in [2.75, 3.05) is 11.9 Å². The van der Waals surface area contributed by atoms with Gasteiger partial charge in [-0.05, 0) is 12.1 Å². The van der Waals surface area contributed by atoms with E-state index >= 15 is 0 Å². The van der Waals surface area contributed by atoms with Gasteiger partial charge in [-0.25, -0.2) is 8.42 Å². The molecule has 0 saturated carbocycles. The van der Waals surface area contributed by atoms with E-state index in [4.69, 9.17) is 0 Å². The Morgan fingerprint density at radius 2 is 1.95 bits per heavy atom. The summed E-state index contributed by atoms with van der Waals surface area (Å²) in [7, 11) is -5.40. The number of alkyl halides is 3. The summed E-state index contributed by atoms with van der Waals surface area (Å²) in [6, 6.07) is 4.82. The summed E-state index contributed by atoms with van der Waals surface area (Å²) in [5.41, 5.74) is -5.48. The predicted octanol–water partition coefficient (Wildman–Crippen LogP) is 1.15. The molecule has 0 spiro atoms. The maximum Gasteiger partial charge on any atom is 0.501 e. The van der Waals surface area contributed by atoms with Crippen LogP contribution >= 0.6 is 0 Å². The largest absolute Gasteiger partial charge is 0.501 e. The number of benzene rings is 1. The van der Waals surface area contributed by atoms with Gasteiger partial charge in [0, 0.05) is 13.0 Å². The number of nitrogens with zero attached hydrogens (tertiary/aromatic N) is 3. The number of anilines is 1. The Morgan fingerprint density at radius 3 is 2.57 bits per heavy atom. The SMILES string of the molecule is O=S(=O)(c1ccccc1NCCc1nn[nH]n1)C(F)(F)F. The standard InChI is InChI=1S/C10H10F3N5O2S/c11-10(12,13)21(19,20)8-4-2-1-3-7(8)14-6-5-9-15-17-18-16-9/h1-4,14H,5-6H2,(H,15,16,17,18). The van der Waals surface area contributed by atoms with Crippen LogP contribution in [0.3, 0.4) is 0 Å². The molecule has 7 nitrogen and oxygen atoms in total. The van der Waals surface area contributed by atoms with Crippen molar-refractivity contribution in [3.8, 4) is 0 Å². The first kappa shape index (κ1) is 15.2. The highest BCUT2D eigenvalue weighted by Gasteiger charge is 2.47. The second-order valence-corrected chi connectivity index (χ2v) is 5.86. The number of aromatic amines is 1. The van der Waals surface area contributed by atoms with Crippen LogP contribution in [0.15, 0.2) is 29.2 Å². The smallest absolute Gasteiger partial charge is 0.384 e. The van der Waals surface area contributed by atoms with Crippen molar-refractivity contribution in [3.63, 3.8) is 0 Å². The molecule has 1 heterocycles. The third-order valence-electron chi connectivity index (χ3n) is 2.53. The third kappa shape index (κ3) is 3.29. The van der Waals surface area contributed by atoms with Crippen molar-refractivity contribution in [3.05, 3.63) is 30.1 Å². The molecule has 2 aromatic rings. The van der Waals surface area contributed by atoms with Crippen LogP contribution in [-0.4, -0.2) is 41.1 Å². The van der Waals surface area contributed by atoms with Gasteiger partial charge < -0.3 is 5.32 Å². The van der Waals surface area contributed by atoms with E-state index in [2.05, 4.69) is 25.9 Å². The first-order valence-electron chi connectivity index (χ1n) is 5.69. The van der Waals surface area contributed by atoms with Crippen molar-refractivity contribution >= 4 is 15.5 Å². The third-order valence-corrected chi connectivity index (χ3v) is 4.08. The number of nitrogens with one attached hydrogen (secondary N) is 2. The molecule has 2 rings (SSSR count). The molecule has 21 heavy (non-hydrogen) atoms. The van der Waals surface area contributed by atoms with Crippen LogP contribution in [-0.2, 0) is 16.3 Å². The van der Waals surface area contributed by atoms with Crippen LogP contribution in [0.2, 0.25) is 0 Å². The molecule has 0 amide bonds. The van der Waals surface area contributed by atoms with Gasteiger partial charge in [0.1, 0.15) is 0 Å². The Balaban J connectivity index is 2.18. The molecule has 0 saturated heterocycles. The summed E-state index contributed by atoms with van der Waals surface area (Å²) >= 11 is 0. The number of H-pyrrole nitrogens is 1. The van der Waals surface area contributed by atoms with Crippen LogP contribution < -0.4 is 5.32 Å². The number of para-hydroxylation sites is 1. The summed E-state index contributed by atoms with van der Waals surface area (Å²) in [6.07, 6.45) is 0.275. The van der Waals surface area contributed by atoms with Gasteiger partial charge in [0.25, 0.3) is 9.84 Å². The van der Waals surface area contributed by atoms with E-state index in [9.17, 15) is 21.6 Å². The van der Waals surface area contributed by atoms with Crippen molar-refractivity contribution in [2.45, 2.75) is 16.8 Å². The predicted molar refractivity (Wildman–Crippen MR) is 66.1 cm³/mol. The number of hydrogen-bond acceptors (Lipinski definition) is 6. The van der Waals surface area contributed by atoms with E-state index in [0.717, 1.165) is 6.07 Å².